The molecule has 76 valence electrons. The van der Waals surface area contributed by atoms with Crippen molar-refractivity contribution >= 4 is 17.4 Å². The van der Waals surface area contributed by atoms with Gasteiger partial charge >= 0.3 is 0 Å². The summed E-state index contributed by atoms with van der Waals surface area (Å²) in [7, 11) is 0. The molecule has 0 aliphatic rings. The molecular weight excluding hydrogens is 200 g/mol. The zero-order valence-corrected chi connectivity index (χ0v) is 9.22. The van der Waals surface area contributed by atoms with Crippen LogP contribution < -0.4 is 0 Å². The number of aliphatic hydroxyl groups is 1. The molecule has 0 radical (unpaired) electrons. The predicted octanol–water partition coefficient (Wildman–Crippen LogP) is 2.60. The molecule has 0 unspecified atom stereocenters. The van der Waals surface area contributed by atoms with Crippen LogP contribution in [0.15, 0.2) is 18.2 Å². The molecular formula is C11H13ClO2. The van der Waals surface area contributed by atoms with E-state index in [1.165, 1.54) is 13.8 Å². The third kappa shape index (κ3) is 2.34. The maximum atomic E-state index is 11.7. The van der Waals surface area contributed by atoms with E-state index in [4.69, 9.17) is 11.6 Å². The molecule has 0 spiro atoms. The van der Waals surface area contributed by atoms with Crippen LogP contribution in [-0.2, 0) is 0 Å². The molecule has 0 heterocycles. The second-order valence-corrected chi connectivity index (χ2v) is 4.28. The van der Waals surface area contributed by atoms with E-state index in [0.717, 1.165) is 5.56 Å². The second-order valence-electron chi connectivity index (χ2n) is 3.87. The minimum Gasteiger partial charge on any atom is -0.382 e. The fraction of sp³-hybridized carbons (Fsp3) is 0.364. The first-order valence-corrected chi connectivity index (χ1v) is 4.73. The molecule has 0 fully saturated rings. The highest BCUT2D eigenvalue weighted by molar-refractivity contribution is 6.34. The Kier molecular flexibility index (Phi) is 2.98. The zero-order valence-electron chi connectivity index (χ0n) is 8.47. The maximum Gasteiger partial charge on any atom is 0.195 e. The molecule has 1 aromatic rings. The number of benzene rings is 1. The van der Waals surface area contributed by atoms with Gasteiger partial charge in [-0.05, 0) is 32.9 Å². The van der Waals surface area contributed by atoms with Crippen LogP contribution in [0.1, 0.15) is 29.8 Å². The van der Waals surface area contributed by atoms with Gasteiger partial charge in [0.2, 0.25) is 0 Å². The van der Waals surface area contributed by atoms with Gasteiger partial charge in [0.05, 0.1) is 5.02 Å². The SMILES string of the molecule is Cc1ccc(Cl)c(C(=O)C(C)(C)O)c1. The van der Waals surface area contributed by atoms with E-state index >= 15 is 0 Å². The molecule has 0 atom stereocenters. The molecule has 0 aliphatic heterocycles. The summed E-state index contributed by atoms with van der Waals surface area (Å²) in [5.41, 5.74) is -0.0570. The largest absolute Gasteiger partial charge is 0.382 e. The molecule has 0 aliphatic carbocycles. The van der Waals surface area contributed by atoms with Gasteiger partial charge in [-0.25, -0.2) is 0 Å². The fourth-order valence-electron chi connectivity index (χ4n) is 1.14. The maximum absolute atomic E-state index is 11.7. The molecule has 0 aromatic heterocycles. The summed E-state index contributed by atoms with van der Waals surface area (Å²) in [4.78, 5) is 11.7. The number of rotatable bonds is 2. The van der Waals surface area contributed by atoms with E-state index in [2.05, 4.69) is 0 Å². The number of hydrogen-bond acceptors (Lipinski definition) is 2. The molecule has 0 saturated carbocycles. The molecule has 0 amide bonds. The van der Waals surface area contributed by atoms with E-state index in [9.17, 15) is 9.90 Å². The van der Waals surface area contributed by atoms with Crippen LogP contribution in [0.25, 0.3) is 0 Å². The summed E-state index contributed by atoms with van der Waals surface area (Å²) in [5, 5.41) is 9.92. The van der Waals surface area contributed by atoms with Crippen LogP contribution in [0, 0.1) is 6.92 Å². The topological polar surface area (TPSA) is 37.3 Å². The van der Waals surface area contributed by atoms with Gasteiger partial charge in [0.15, 0.2) is 5.78 Å². The molecule has 0 bridgehead atoms. The van der Waals surface area contributed by atoms with Gasteiger partial charge in [-0.3, -0.25) is 4.79 Å². The van der Waals surface area contributed by atoms with Crippen molar-refractivity contribution in [2.24, 2.45) is 0 Å². The first-order valence-electron chi connectivity index (χ1n) is 4.35. The summed E-state index contributed by atoms with van der Waals surface area (Å²) in [6.07, 6.45) is 0. The number of ketones is 1. The van der Waals surface area contributed by atoms with Crippen LogP contribution in [0.4, 0.5) is 0 Å². The summed E-state index contributed by atoms with van der Waals surface area (Å²) in [6, 6.07) is 5.17. The Morgan fingerprint density at radius 1 is 1.43 bits per heavy atom. The molecule has 2 nitrogen and oxygen atoms in total. The Morgan fingerprint density at radius 2 is 2.00 bits per heavy atom. The summed E-state index contributed by atoms with van der Waals surface area (Å²) in [6.45, 7) is 4.78. The molecule has 0 saturated heterocycles. The Balaban J connectivity index is 3.19. The van der Waals surface area contributed by atoms with Crippen molar-refractivity contribution in [1.82, 2.24) is 0 Å². The molecule has 14 heavy (non-hydrogen) atoms. The molecule has 3 heteroatoms. The highest BCUT2D eigenvalue weighted by atomic mass is 35.5. The van der Waals surface area contributed by atoms with Crippen LogP contribution in [0.3, 0.4) is 0 Å². The van der Waals surface area contributed by atoms with Gasteiger partial charge in [-0.15, -0.1) is 0 Å². The highest BCUT2D eigenvalue weighted by Crippen LogP contribution is 2.22. The van der Waals surface area contributed by atoms with Gasteiger partial charge in [0.25, 0.3) is 0 Å². The minimum atomic E-state index is -1.38. The number of carbonyl (C=O) groups is 1. The number of Topliss-reactive ketones (excluding diaryl/α,β-unsaturated/α-hetero) is 1. The van der Waals surface area contributed by atoms with Gasteiger partial charge in [0, 0.05) is 5.56 Å². The predicted molar refractivity (Wildman–Crippen MR) is 56.8 cm³/mol. The first-order chi connectivity index (χ1) is 6.32. The Hall–Kier alpha value is -0.860. The normalized spacial score (nSPS) is 11.5. The Bertz CT molecular complexity index is 364. The van der Waals surface area contributed by atoms with Crippen LogP contribution >= 0.6 is 11.6 Å². The Labute approximate surface area is 88.5 Å². The third-order valence-electron chi connectivity index (χ3n) is 1.92. The van der Waals surface area contributed by atoms with Crippen molar-refractivity contribution in [3.63, 3.8) is 0 Å². The quantitative estimate of drug-likeness (QED) is 0.766. The van der Waals surface area contributed by atoms with Gasteiger partial charge < -0.3 is 5.11 Å². The van der Waals surface area contributed by atoms with Crippen molar-refractivity contribution in [3.05, 3.63) is 34.3 Å². The van der Waals surface area contributed by atoms with E-state index in [-0.39, 0.29) is 5.78 Å². The summed E-state index contributed by atoms with van der Waals surface area (Å²) < 4.78 is 0. The van der Waals surface area contributed by atoms with Crippen LogP contribution in [-0.4, -0.2) is 16.5 Å². The van der Waals surface area contributed by atoms with E-state index in [1.807, 2.05) is 13.0 Å². The lowest BCUT2D eigenvalue weighted by Gasteiger charge is -2.16. The fourth-order valence-corrected chi connectivity index (χ4v) is 1.35. The Morgan fingerprint density at radius 3 is 2.50 bits per heavy atom. The first kappa shape index (κ1) is 11.2. The van der Waals surface area contributed by atoms with Crippen molar-refractivity contribution in [1.29, 1.82) is 0 Å². The zero-order chi connectivity index (χ0) is 10.9. The smallest absolute Gasteiger partial charge is 0.195 e. The van der Waals surface area contributed by atoms with Crippen molar-refractivity contribution in [2.45, 2.75) is 26.4 Å². The van der Waals surface area contributed by atoms with Crippen molar-refractivity contribution < 1.29 is 9.90 Å². The van der Waals surface area contributed by atoms with E-state index in [1.54, 1.807) is 12.1 Å². The molecule has 1 N–H and O–H groups in total. The van der Waals surface area contributed by atoms with Gasteiger partial charge in [-0.2, -0.15) is 0 Å². The molecule has 1 aromatic carbocycles. The van der Waals surface area contributed by atoms with Gasteiger partial charge in [-0.1, -0.05) is 23.2 Å². The lowest BCUT2D eigenvalue weighted by atomic mass is 9.96. The monoisotopic (exact) mass is 212 g/mol. The number of halogens is 1. The number of carbonyl (C=O) groups excluding carboxylic acids is 1. The van der Waals surface area contributed by atoms with Gasteiger partial charge in [0.1, 0.15) is 5.60 Å². The van der Waals surface area contributed by atoms with Crippen molar-refractivity contribution in [2.75, 3.05) is 0 Å². The van der Waals surface area contributed by atoms with Crippen LogP contribution in [0.5, 0.6) is 0 Å². The second kappa shape index (κ2) is 3.71. The minimum absolute atomic E-state index is 0.355. The third-order valence-corrected chi connectivity index (χ3v) is 2.25. The summed E-state index contributed by atoms with van der Waals surface area (Å²) >= 11 is 5.87. The lowest BCUT2D eigenvalue weighted by Crippen LogP contribution is -2.31. The van der Waals surface area contributed by atoms with Crippen molar-refractivity contribution in [3.8, 4) is 0 Å². The van der Waals surface area contributed by atoms with Crippen LogP contribution in [0.2, 0.25) is 5.02 Å². The number of aryl methyl sites for hydroxylation is 1. The lowest BCUT2D eigenvalue weighted by molar-refractivity contribution is 0.0488. The standard InChI is InChI=1S/C11H13ClO2/c1-7-4-5-9(12)8(6-7)10(13)11(2,3)14/h4-6,14H,1-3H3. The molecule has 1 rings (SSSR count). The number of hydrogen-bond donors (Lipinski definition) is 1. The van der Waals surface area contributed by atoms with E-state index in [0.29, 0.717) is 10.6 Å². The summed E-state index contributed by atoms with van der Waals surface area (Å²) in [5.74, 6) is -0.355. The average Bonchev–Trinajstić information content (AvgIpc) is 2.06. The average molecular weight is 213 g/mol. The highest BCUT2D eigenvalue weighted by Gasteiger charge is 2.26. The van der Waals surface area contributed by atoms with E-state index < -0.39 is 5.60 Å².